The van der Waals surface area contributed by atoms with Crippen LogP contribution >= 0.6 is 0 Å². The van der Waals surface area contributed by atoms with Crippen LogP contribution < -0.4 is 5.32 Å². The van der Waals surface area contributed by atoms with Gasteiger partial charge in [-0.2, -0.15) is 0 Å². The third kappa shape index (κ3) is 4.30. The van der Waals surface area contributed by atoms with Gasteiger partial charge in [0.05, 0.1) is 6.61 Å². The summed E-state index contributed by atoms with van der Waals surface area (Å²) in [6, 6.07) is 11.0. The molecule has 0 aliphatic heterocycles. The van der Waals surface area contributed by atoms with Crippen LogP contribution in [-0.2, 0) is 10.2 Å². The predicted molar refractivity (Wildman–Crippen MR) is 79.6 cm³/mol. The molecular formula is C16H26N2O. The first-order chi connectivity index (χ1) is 9.27. The fourth-order valence-electron chi connectivity index (χ4n) is 2.65. The Balaban J connectivity index is 1.72. The topological polar surface area (TPSA) is 24.5 Å². The van der Waals surface area contributed by atoms with Crippen molar-refractivity contribution in [1.82, 2.24) is 10.2 Å². The van der Waals surface area contributed by atoms with Crippen molar-refractivity contribution in [3.63, 3.8) is 0 Å². The maximum atomic E-state index is 5.02. The molecule has 106 valence electrons. The molecule has 0 saturated heterocycles. The average molecular weight is 262 g/mol. The Hall–Kier alpha value is -0.900. The summed E-state index contributed by atoms with van der Waals surface area (Å²) in [4.78, 5) is 2.44. The second-order valence-corrected chi connectivity index (χ2v) is 5.63. The van der Waals surface area contributed by atoms with E-state index in [1.165, 1.54) is 24.9 Å². The van der Waals surface area contributed by atoms with Crippen LogP contribution in [0.2, 0.25) is 0 Å². The van der Waals surface area contributed by atoms with Crippen molar-refractivity contribution in [3.8, 4) is 0 Å². The van der Waals surface area contributed by atoms with Gasteiger partial charge in [-0.25, -0.2) is 0 Å². The van der Waals surface area contributed by atoms with Crippen molar-refractivity contribution < 1.29 is 4.74 Å². The molecule has 0 spiro atoms. The number of hydrogen-bond donors (Lipinski definition) is 1. The SMILES string of the molecule is COCCNCCN(C)CC1(c2ccccc2)CC1. The Labute approximate surface area is 116 Å². The van der Waals surface area contributed by atoms with Gasteiger partial charge in [-0.15, -0.1) is 0 Å². The fourth-order valence-corrected chi connectivity index (χ4v) is 2.65. The minimum absolute atomic E-state index is 0.433. The molecule has 1 aliphatic carbocycles. The van der Waals surface area contributed by atoms with Gasteiger partial charge < -0.3 is 15.0 Å². The lowest BCUT2D eigenvalue weighted by atomic mass is 9.95. The first kappa shape index (κ1) is 14.5. The van der Waals surface area contributed by atoms with Gasteiger partial charge in [0.2, 0.25) is 0 Å². The molecule has 0 unspecified atom stereocenters. The molecule has 0 radical (unpaired) electrons. The number of ether oxygens (including phenoxy) is 1. The third-order valence-electron chi connectivity index (χ3n) is 3.97. The summed E-state index contributed by atoms with van der Waals surface area (Å²) in [7, 11) is 3.96. The molecule has 1 aromatic carbocycles. The zero-order valence-corrected chi connectivity index (χ0v) is 12.2. The minimum atomic E-state index is 0.433. The maximum absolute atomic E-state index is 5.02. The van der Waals surface area contributed by atoms with E-state index in [1.54, 1.807) is 7.11 Å². The van der Waals surface area contributed by atoms with Crippen molar-refractivity contribution in [2.24, 2.45) is 0 Å². The van der Waals surface area contributed by atoms with E-state index >= 15 is 0 Å². The number of methoxy groups -OCH3 is 1. The van der Waals surface area contributed by atoms with Gasteiger partial charge in [0, 0.05) is 38.7 Å². The zero-order chi connectivity index (χ0) is 13.6. The molecule has 0 atom stereocenters. The highest BCUT2D eigenvalue weighted by Crippen LogP contribution is 2.48. The van der Waals surface area contributed by atoms with Gasteiger partial charge in [-0.1, -0.05) is 30.3 Å². The van der Waals surface area contributed by atoms with E-state index < -0.39 is 0 Å². The van der Waals surface area contributed by atoms with Crippen LogP contribution in [0.1, 0.15) is 18.4 Å². The van der Waals surface area contributed by atoms with E-state index in [2.05, 4.69) is 47.6 Å². The van der Waals surface area contributed by atoms with Crippen molar-refractivity contribution in [3.05, 3.63) is 35.9 Å². The van der Waals surface area contributed by atoms with Crippen LogP contribution in [0.15, 0.2) is 30.3 Å². The normalized spacial score (nSPS) is 16.8. The molecular weight excluding hydrogens is 236 g/mol. The average Bonchev–Trinajstić information content (AvgIpc) is 3.20. The van der Waals surface area contributed by atoms with Gasteiger partial charge in [0.25, 0.3) is 0 Å². The summed E-state index contributed by atoms with van der Waals surface area (Å²) < 4.78 is 5.02. The number of hydrogen-bond acceptors (Lipinski definition) is 3. The number of rotatable bonds is 9. The highest BCUT2D eigenvalue weighted by Gasteiger charge is 2.44. The molecule has 3 nitrogen and oxygen atoms in total. The molecule has 1 N–H and O–H groups in total. The van der Waals surface area contributed by atoms with Crippen LogP contribution in [0, 0.1) is 0 Å². The monoisotopic (exact) mass is 262 g/mol. The van der Waals surface area contributed by atoms with Gasteiger partial charge in [0.15, 0.2) is 0 Å². The Bertz CT molecular complexity index is 362. The number of nitrogens with one attached hydrogen (secondary N) is 1. The highest BCUT2D eigenvalue weighted by molar-refractivity contribution is 5.31. The van der Waals surface area contributed by atoms with E-state index in [0.29, 0.717) is 5.41 Å². The molecule has 1 aliphatic rings. The molecule has 1 aromatic rings. The Morgan fingerprint density at radius 3 is 2.58 bits per heavy atom. The molecule has 1 saturated carbocycles. The first-order valence-electron chi connectivity index (χ1n) is 7.21. The van der Waals surface area contributed by atoms with Gasteiger partial charge >= 0.3 is 0 Å². The lowest BCUT2D eigenvalue weighted by molar-refractivity contribution is 0.197. The number of likely N-dealkylation sites (N-methyl/N-ethyl adjacent to an activating group) is 1. The molecule has 3 heteroatoms. The van der Waals surface area contributed by atoms with E-state index in [9.17, 15) is 0 Å². The largest absolute Gasteiger partial charge is 0.383 e. The second-order valence-electron chi connectivity index (χ2n) is 5.63. The summed E-state index contributed by atoms with van der Waals surface area (Å²) >= 11 is 0. The fraction of sp³-hybridized carbons (Fsp3) is 0.625. The summed E-state index contributed by atoms with van der Waals surface area (Å²) in [6.07, 6.45) is 2.66. The van der Waals surface area contributed by atoms with Crippen LogP contribution in [0.3, 0.4) is 0 Å². The quantitative estimate of drug-likeness (QED) is 0.688. The Morgan fingerprint density at radius 1 is 1.21 bits per heavy atom. The minimum Gasteiger partial charge on any atom is -0.383 e. The lowest BCUT2D eigenvalue weighted by Crippen LogP contribution is -2.35. The molecule has 0 amide bonds. The van der Waals surface area contributed by atoms with Crippen molar-refractivity contribution >= 4 is 0 Å². The maximum Gasteiger partial charge on any atom is 0.0587 e. The highest BCUT2D eigenvalue weighted by atomic mass is 16.5. The van der Waals surface area contributed by atoms with Gasteiger partial charge in [-0.05, 0) is 25.5 Å². The van der Waals surface area contributed by atoms with E-state index in [1.807, 2.05) is 0 Å². The summed E-state index contributed by atoms with van der Waals surface area (Å²) in [6.45, 7) is 5.03. The molecule has 1 fully saturated rings. The summed E-state index contributed by atoms with van der Waals surface area (Å²) in [5.74, 6) is 0. The van der Waals surface area contributed by atoms with E-state index in [0.717, 1.165) is 26.2 Å². The Kier molecular flexibility index (Phi) is 5.37. The van der Waals surface area contributed by atoms with Gasteiger partial charge in [0.1, 0.15) is 0 Å². The molecule has 0 heterocycles. The number of benzene rings is 1. The van der Waals surface area contributed by atoms with Crippen molar-refractivity contribution in [2.75, 3.05) is 46.9 Å². The summed E-state index contributed by atoms with van der Waals surface area (Å²) in [5, 5.41) is 3.40. The molecule has 0 bridgehead atoms. The van der Waals surface area contributed by atoms with E-state index in [-0.39, 0.29) is 0 Å². The lowest BCUT2D eigenvalue weighted by Gasteiger charge is -2.24. The van der Waals surface area contributed by atoms with Crippen molar-refractivity contribution in [2.45, 2.75) is 18.3 Å². The third-order valence-corrected chi connectivity index (χ3v) is 3.97. The van der Waals surface area contributed by atoms with Crippen LogP contribution in [0.5, 0.6) is 0 Å². The molecule has 0 aromatic heterocycles. The summed E-state index contributed by atoms with van der Waals surface area (Å²) in [5.41, 5.74) is 1.94. The Morgan fingerprint density at radius 2 is 1.95 bits per heavy atom. The van der Waals surface area contributed by atoms with E-state index in [4.69, 9.17) is 4.74 Å². The molecule has 2 rings (SSSR count). The standard InChI is InChI=1S/C16H26N2O/c1-18(12-10-17-11-13-19-2)14-16(8-9-16)15-6-4-3-5-7-15/h3-7,17H,8-14H2,1-2H3. The van der Waals surface area contributed by atoms with Gasteiger partial charge in [-0.3, -0.25) is 0 Å². The number of nitrogens with zero attached hydrogens (tertiary/aromatic N) is 1. The smallest absolute Gasteiger partial charge is 0.0587 e. The van der Waals surface area contributed by atoms with Crippen molar-refractivity contribution in [1.29, 1.82) is 0 Å². The second kappa shape index (κ2) is 7.04. The van der Waals surface area contributed by atoms with Crippen LogP contribution in [-0.4, -0.2) is 51.8 Å². The predicted octanol–water partition coefficient (Wildman–Crippen LogP) is 1.89. The zero-order valence-electron chi connectivity index (χ0n) is 12.2. The first-order valence-corrected chi connectivity index (χ1v) is 7.21. The molecule has 19 heavy (non-hydrogen) atoms. The van der Waals surface area contributed by atoms with Crippen LogP contribution in [0.25, 0.3) is 0 Å². The van der Waals surface area contributed by atoms with Crippen LogP contribution in [0.4, 0.5) is 0 Å².